The number of rotatable bonds is 11. The topological polar surface area (TPSA) is 103 Å². The first-order valence-corrected chi connectivity index (χ1v) is 14.8. The van der Waals surface area contributed by atoms with E-state index in [0.29, 0.717) is 79.6 Å². The van der Waals surface area contributed by atoms with Crippen molar-refractivity contribution < 1.29 is 36.4 Å². The summed E-state index contributed by atoms with van der Waals surface area (Å²) in [6.45, 7) is 0.201. The Bertz CT molecular complexity index is 1600. The second-order valence-corrected chi connectivity index (χ2v) is 12.4. The number of hydrogen-bond acceptors (Lipinski definition) is 6. The van der Waals surface area contributed by atoms with Gasteiger partial charge in [0.25, 0.3) is 5.89 Å². The summed E-state index contributed by atoms with van der Waals surface area (Å²) < 4.78 is 74.0. The number of halogens is 5. The number of benzene rings is 2. The van der Waals surface area contributed by atoms with Gasteiger partial charge in [0.05, 0.1) is 11.5 Å². The van der Waals surface area contributed by atoms with Gasteiger partial charge in [-0.2, -0.15) is 23.4 Å². The van der Waals surface area contributed by atoms with Crippen LogP contribution < -0.4 is 4.90 Å². The molecule has 12 heteroatoms. The Morgan fingerprint density at radius 1 is 1.07 bits per heavy atom. The maximum absolute atomic E-state index is 15.0. The first kappa shape index (κ1) is 30.2. The van der Waals surface area contributed by atoms with Crippen LogP contribution in [0.5, 0.6) is 0 Å². The van der Waals surface area contributed by atoms with E-state index >= 15 is 4.39 Å². The summed E-state index contributed by atoms with van der Waals surface area (Å²) in [4.78, 5) is 19.1. The van der Waals surface area contributed by atoms with Crippen molar-refractivity contribution in [3.63, 3.8) is 0 Å². The minimum absolute atomic E-state index is 0.00454. The monoisotopic (exact) mass is 614 g/mol. The lowest BCUT2D eigenvalue weighted by atomic mass is 9.69. The fourth-order valence-corrected chi connectivity index (χ4v) is 5.84. The molecule has 2 aromatic carbocycles. The lowest BCUT2D eigenvalue weighted by Gasteiger charge is -2.45. The largest absolute Gasteiger partial charge is 0.417 e. The van der Waals surface area contributed by atoms with Crippen molar-refractivity contribution in [1.82, 2.24) is 10.1 Å². The van der Waals surface area contributed by atoms with E-state index in [4.69, 9.17) is 4.52 Å². The Balaban J connectivity index is 1.16. The second kappa shape index (κ2) is 10.9. The van der Waals surface area contributed by atoms with E-state index in [2.05, 4.69) is 16.2 Å². The van der Waals surface area contributed by atoms with Crippen LogP contribution in [0.3, 0.4) is 0 Å². The number of nitriles is 1. The molecule has 6 rings (SSSR count). The molecule has 232 valence electrons. The van der Waals surface area contributed by atoms with Gasteiger partial charge < -0.3 is 14.5 Å². The Hall–Kier alpha value is -3.85. The number of aromatic nitrogens is 2. The summed E-state index contributed by atoms with van der Waals surface area (Å²) in [5.41, 5.74) is -3.25. The number of hydrogen-bond donors (Lipinski definition) is 1. The van der Waals surface area contributed by atoms with Gasteiger partial charge in [0.2, 0.25) is 5.91 Å². The number of aliphatic hydroxyl groups is 1. The molecule has 3 aliphatic carbocycles. The van der Waals surface area contributed by atoms with E-state index in [0.717, 1.165) is 0 Å². The van der Waals surface area contributed by atoms with Gasteiger partial charge in [-0.15, -0.1) is 0 Å². The summed E-state index contributed by atoms with van der Waals surface area (Å²) in [5, 5.41) is 23.2. The van der Waals surface area contributed by atoms with Gasteiger partial charge in [-0.05, 0) is 80.7 Å². The second-order valence-electron chi connectivity index (χ2n) is 12.4. The zero-order valence-corrected chi connectivity index (χ0v) is 23.8. The molecule has 0 bridgehead atoms. The summed E-state index contributed by atoms with van der Waals surface area (Å²) in [6, 6.07) is 13.6. The molecule has 3 aromatic rings. The van der Waals surface area contributed by atoms with E-state index in [-0.39, 0.29) is 12.4 Å². The SMILES string of the molecule is N#CC1(c2ccc(-c3cccc(N(CCCCCc4noc(C5(F)CC5)n4)C(=O)[C@H]4C[C@](O)(C(F)(F)F)C4)c3)cc2F)CC1. The van der Waals surface area contributed by atoms with Gasteiger partial charge >= 0.3 is 6.18 Å². The van der Waals surface area contributed by atoms with Crippen LogP contribution in [-0.4, -0.2) is 39.5 Å². The molecule has 0 aliphatic heterocycles. The van der Waals surface area contributed by atoms with Crippen molar-refractivity contribution in [3.8, 4) is 17.2 Å². The quantitative estimate of drug-likeness (QED) is 0.187. The fraction of sp³-hybridized carbons (Fsp3) is 0.500. The normalized spacial score (nSPS) is 23.0. The van der Waals surface area contributed by atoms with Crippen LogP contribution in [0.1, 0.15) is 75.1 Å². The van der Waals surface area contributed by atoms with E-state index in [1.807, 2.05) is 0 Å². The average Bonchev–Trinajstić information content (AvgIpc) is 3.89. The number of amides is 1. The van der Waals surface area contributed by atoms with Gasteiger partial charge in [-0.3, -0.25) is 4.79 Å². The van der Waals surface area contributed by atoms with Crippen molar-refractivity contribution >= 4 is 11.6 Å². The highest BCUT2D eigenvalue weighted by molar-refractivity contribution is 5.96. The van der Waals surface area contributed by atoms with Crippen molar-refractivity contribution in [2.75, 3.05) is 11.4 Å². The molecule has 3 saturated carbocycles. The highest BCUT2D eigenvalue weighted by atomic mass is 19.4. The standard InChI is InChI=1S/C32H31F5N4O3/c33-25-16-21(8-9-24(25)29(19-38)10-11-29)20-5-4-6-23(15-20)41(27(42)22-17-31(43,18-22)32(35,36)37)14-3-1-2-7-26-39-28(44-40-26)30(34)12-13-30/h4-6,8-9,15-16,22,43H,1-3,7,10-14,17-18H2/t22-,31+. The van der Waals surface area contributed by atoms with E-state index in [1.165, 1.54) is 11.0 Å². The molecular weight excluding hydrogens is 583 g/mol. The summed E-state index contributed by atoms with van der Waals surface area (Å²) in [7, 11) is 0. The first-order valence-electron chi connectivity index (χ1n) is 14.8. The van der Waals surface area contributed by atoms with Crippen molar-refractivity contribution in [1.29, 1.82) is 5.26 Å². The zero-order chi connectivity index (χ0) is 31.3. The minimum atomic E-state index is -4.83. The molecule has 0 saturated heterocycles. The minimum Gasteiger partial charge on any atom is -0.380 e. The molecule has 1 N–H and O–H groups in total. The maximum Gasteiger partial charge on any atom is 0.417 e. The van der Waals surface area contributed by atoms with Crippen LogP contribution in [0.4, 0.5) is 27.6 Å². The van der Waals surface area contributed by atoms with E-state index in [1.54, 1.807) is 36.4 Å². The Morgan fingerprint density at radius 2 is 1.80 bits per heavy atom. The Labute approximate surface area is 250 Å². The molecule has 0 radical (unpaired) electrons. The zero-order valence-electron chi connectivity index (χ0n) is 23.8. The number of alkyl halides is 4. The lowest BCUT2D eigenvalue weighted by molar-refractivity contribution is -0.295. The fourth-order valence-electron chi connectivity index (χ4n) is 5.84. The molecule has 7 nitrogen and oxygen atoms in total. The average molecular weight is 615 g/mol. The van der Waals surface area contributed by atoms with Crippen LogP contribution in [0, 0.1) is 23.1 Å². The third-order valence-corrected chi connectivity index (χ3v) is 9.07. The highest BCUT2D eigenvalue weighted by Gasteiger charge is 2.63. The number of carbonyl (C=O) groups is 1. The molecule has 1 aromatic heterocycles. The molecule has 1 heterocycles. The molecule has 44 heavy (non-hydrogen) atoms. The van der Waals surface area contributed by atoms with Gasteiger partial charge in [0, 0.05) is 30.1 Å². The van der Waals surface area contributed by atoms with E-state index < -0.39 is 53.3 Å². The van der Waals surface area contributed by atoms with Crippen molar-refractivity contribution in [2.24, 2.45) is 5.92 Å². The van der Waals surface area contributed by atoms with Crippen LogP contribution in [0.25, 0.3) is 11.1 Å². The van der Waals surface area contributed by atoms with Crippen LogP contribution in [0.2, 0.25) is 0 Å². The highest BCUT2D eigenvalue weighted by Crippen LogP contribution is 2.51. The van der Waals surface area contributed by atoms with Crippen LogP contribution in [-0.2, 0) is 22.3 Å². The van der Waals surface area contributed by atoms with Crippen molar-refractivity contribution in [2.45, 2.75) is 87.1 Å². The molecule has 0 atom stereocenters. The summed E-state index contributed by atoms with van der Waals surface area (Å²) in [5.74, 6) is -1.63. The maximum atomic E-state index is 15.0. The van der Waals surface area contributed by atoms with Crippen molar-refractivity contribution in [3.05, 3.63) is 65.6 Å². The molecular formula is C32H31F5N4O3. The van der Waals surface area contributed by atoms with Gasteiger partial charge in [-0.1, -0.05) is 35.8 Å². The predicted octanol–water partition coefficient (Wildman–Crippen LogP) is 6.84. The van der Waals surface area contributed by atoms with Crippen LogP contribution >= 0.6 is 0 Å². The Morgan fingerprint density at radius 3 is 2.43 bits per heavy atom. The smallest absolute Gasteiger partial charge is 0.380 e. The van der Waals surface area contributed by atoms with Gasteiger partial charge in [-0.25, -0.2) is 8.78 Å². The lowest BCUT2D eigenvalue weighted by Crippen LogP contribution is -2.59. The number of nitrogens with zero attached hydrogens (tertiary/aromatic N) is 4. The molecule has 3 aliphatic rings. The molecule has 1 amide bonds. The molecule has 0 unspecified atom stereocenters. The molecule has 3 fully saturated rings. The van der Waals surface area contributed by atoms with Gasteiger partial charge in [0.1, 0.15) is 5.82 Å². The number of anilines is 1. The first-order chi connectivity index (χ1) is 20.9. The van der Waals surface area contributed by atoms with Gasteiger partial charge in [0.15, 0.2) is 17.1 Å². The predicted molar refractivity (Wildman–Crippen MR) is 148 cm³/mol. The summed E-state index contributed by atoms with van der Waals surface area (Å²) >= 11 is 0. The third kappa shape index (κ3) is 5.70. The molecule has 0 spiro atoms. The number of aryl methyl sites for hydroxylation is 1. The number of unbranched alkanes of at least 4 members (excludes halogenated alkanes) is 2. The van der Waals surface area contributed by atoms with Crippen LogP contribution in [0.15, 0.2) is 47.0 Å². The summed E-state index contributed by atoms with van der Waals surface area (Å²) in [6.07, 6.45) is -2.13. The Kier molecular flexibility index (Phi) is 7.51. The number of carbonyl (C=O) groups excluding carboxylic acids is 1. The van der Waals surface area contributed by atoms with E-state index in [9.17, 15) is 32.7 Å². The third-order valence-electron chi connectivity index (χ3n) is 9.07.